The molecule has 6 heteroatoms. The van der Waals surface area contributed by atoms with Crippen molar-refractivity contribution in [1.29, 1.82) is 0 Å². The molecule has 24 heavy (non-hydrogen) atoms. The molecule has 0 aliphatic carbocycles. The van der Waals surface area contributed by atoms with Crippen molar-refractivity contribution in [1.82, 2.24) is 5.32 Å². The van der Waals surface area contributed by atoms with E-state index in [1.54, 1.807) is 32.0 Å². The summed E-state index contributed by atoms with van der Waals surface area (Å²) in [7, 11) is 1.38. The Labute approximate surface area is 140 Å². The number of halogens is 1. The molecule has 2 aromatic carbocycles. The van der Waals surface area contributed by atoms with E-state index in [1.807, 2.05) is 0 Å². The Hall–Kier alpha value is -2.60. The van der Waals surface area contributed by atoms with Crippen LogP contribution in [0.2, 0.25) is 0 Å². The molecule has 0 aliphatic rings. The summed E-state index contributed by atoms with van der Waals surface area (Å²) in [5.41, 5.74) is 6.83. The number of carbonyl (C=O) groups excluding carboxylic acids is 1. The number of nitrogens with one attached hydrogen (secondary N) is 1. The lowest BCUT2D eigenvalue weighted by Crippen LogP contribution is -2.24. The van der Waals surface area contributed by atoms with Gasteiger partial charge >= 0.3 is 0 Å². The van der Waals surface area contributed by atoms with Crippen LogP contribution < -0.4 is 15.8 Å². The number of methoxy groups -OCH3 is 1. The molecule has 2 rings (SSSR count). The summed E-state index contributed by atoms with van der Waals surface area (Å²) in [6, 6.07) is 9.14. The molecule has 1 amide bonds. The first-order chi connectivity index (χ1) is 11.2. The van der Waals surface area contributed by atoms with Gasteiger partial charge in [0.2, 0.25) is 0 Å². The molecule has 0 aliphatic heterocycles. The van der Waals surface area contributed by atoms with Crippen molar-refractivity contribution in [2.24, 2.45) is 0 Å². The molecule has 0 bridgehead atoms. The van der Waals surface area contributed by atoms with Gasteiger partial charge in [0, 0.05) is 23.4 Å². The molecule has 0 saturated carbocycles. The van der Waals surface area contributed by atoms with Crippen molar-refractivity contribution in [3.8, 4) is 5.75 Å². The summed E-state index contributed by atoms with van der Waals surface area (Å²) in [6.45, 7) is 3.48. The van der Waals surface area contributed by atoms with Crippen LogP contribution in [0, 0.1) is 5.82 Å². The third-order valence-electron chi connectivity index (χ3n) is 3.64. The van der Waals surface area contributed by atoms with Gasteiger partial charge in [-0.2, -0.15) is 0 Å². The summed E-state index contributed by atoms with van der Waals surface area (Å²) in [5.74, 6) is -0.643. The number of nitrogen functional groups attached to an aromatic ring is 1. The number of amides is 1. The summed E-state index contributed by atoms with van der Waals surface area (Å²) >= 11 is 0. The maximum Gasteiger partial charge on any atom is 0.251 e. The molecule has 0 aromatic heterocycles. The van der Waals surface area contributed by atoms with Gasteiger partial charge < -0.3 is 20.9 Å². The van der Waals surface area contributed by atoms with Gasteiger partial charge in [-0.15, -0.1) is 0 Å². The minimum Gasteiger partial charge on any atom is -0.494 e. The van der Waals surface area contributed by atoms with Gasteiger partial charge in [0.1, 0.15) is 0 Å². The molecule has 2 aromatic rings. The Morgan fingerprint density at radius 3 is 2.58 bits per heavy atom. The molecule has 0 unspecified atom stereocenters. The highest BCUT2D eigenvalue weighted by Gasteiger charge is 2.20. The Morgan fingerprint density at radius 2 is 2.00 bits per heavy atom. The van der Waals surface area contributed by atoms with Gasteiger partial charge in [-0.3, -0.25) is 4.79 Å². The number of hydrogen-bond donors (Lipinski definition) is 3. The van der Waals surface area contributed by atoms with Gasteiger partial charge in [-0.1, -0.05) is 12.1 Å². The molecule has 5 nitrogen and oxygen atoms in total. The monoisotopic (exact) mass is 332 g/mol. The van der Waals surface area contributed by atoms with Crippen LogP contribution >= 0.6 is 0 Å². The molecule has 0 spiro atoms. The number of aliphatic hydroxyl groups is 1. The quantitative estimate of drug-likeness (QED) is 0.735. The third kappa shape index (κ3) is 4.02. The van der Waals surface area contributed by atoms with Crippen molar-refractivity contribution in [2.75, 3.05) is 12.8 Å². The lowest BCUT2D eigenvalue weighted by molar-refractivity contribution is 0.0792. The molecule has 4 N–H and O–H groups in total. The molecule has 0 atom stereocenters. The summed E-state index contributed by atoms with van der Waals surface area (Å²) in [5, 5.41) is 12.7. The number of hydrogen-bond acceptors (Lipinski definition) is 4. The molecule has 0 radical (unpaired) electrons. The third-order valence-corrected chi connectivity index (χ3v) is 3.64. The average Bonchev–Trinajstić information content (AvgIpc) is 2.52. The molecule has 0 saturated heterocycles. The minimum atomic E-state index is -1.08. The number of rotatable bonds is 5. The van der Waals surface area contributed by atoms with E-state index in [0.29, 0.717) is 22.4 Å². The number of anilines is 1. The maximum atomic E-state index is 13.4. The van der Waals surface area contributed by atoms with Crippen LogP contribution in [0.25, 0.3) is 0 Å². The fraction of sp³-hybridized carbons (Fsp3) is 0.278. The number of benzene rings is 2. The van der Waals surface area contributed by atoms with E-state index in [-0.39, 0.29) is 18.2 Å². The second-order valence-electron chi connectivity index (χ2n) is 6.01. The lowest BCUT2D eigenvalue weighted by Gasteiger charge is -2.20. The van der Waals surface area contributed by atoms with Crippen LogP contribution in [-0.2, 0) is 12.1 Å². The first kappa shape index (κ1) is 17.7. The smallest absolute Gasteiger partial charge is 0.251 e. The lowest BCUT2D eigenvalue weighted by atomic mass is 9.95. The van der Waals surface area contributed by atoms with Crippen LogP contribution in [0.15, 0.2) is 36.4 Å². The highest BCUT2D eigenvalue weighted by atomic mass is 19.1. The highest BCUT2D eigenvalue weighted by Crippen LogP contribution is 2.26. The average molecular weight is 332 g/mol. The van der Waals surface area contributed by atoms with E-state index >= 15 is 0 Å². The maximum absolute atomic E-state index is 13.4. The van der Waals surface area contributed by atoms with Crippen LogP contribution in [0.5, 0.6) is 5.75 Å². The van der Waals surface area contributed by atoms with Gasteiger partial charge in [0.15, 0.2) is 11.6 Å². The van der Waals surface area contributed by atoms with Crippen molar-refractivity contribution >= 4 is 11.6 Å². The second kappa shape index (κ2) is 6.88. The molecule has 0 heterocycles. The largest absolute Gasteiger partial charge is 0.494 e. The van der Waals surface area contributed by atoms with Crippen LogP contribution in [-0.4, -0.2) is 18.1 Å². The fourth-order valence-electron chi connectivity index (χ4n) is 2.36. The zero-order valence-corrected chi connectivity index (χ0v) is 13.9. The van der Waals surface area contributed by atoms with Crippen LogP contribution in [0.3, 0.4) is 0 Å². The molecule has 128 valence electrons. The molecular weight excluding hydrogens is 311 g/mol. The van der Waals surface area contributed by atoms with Crippen molar-refractivity contribution in [2.45, 2.75) is 26.0 Å². The Kier molecular flexibility index (Phi) is 5.09. The van der Waals surface area contributed by atoms with E-state index in [2.05, 4.69) is 5.32 Å². The number of nitrogens with two attached hydrogens (primary N) is 1. The summed E-state index contributed by atoms with van der Waals surface area (Å²) in [4.78, 5) is 12.2. The van der Waals surface area contributed by atoms with E-state index in [0.717, 1.165) is 0 Å². The SMILES string of the molecule is COc1cc(CNC(=O)c2ccc(C(C)(C)O)c(N)c2)ccc1F. The first-order valence-electron chi connectivity index (χ1n) is 7.45. The van der Waals surface area contributed by atoms with Crippen molar-refractivity contribution < 1.29 is 19.0 Å². The van der Waals surface area contributed by atoms with E-state index < -0.39 is 11.4 Å². The van der Waals surface area contributed by atoms with Gasteiger partial charge in [0.25, 0.3) is 5.91 Å². The zero-order chi connectivity index (χ0) is 17.9. The summed E-state index contributed by atoms with van der Waals surface area (Å²) in [6.07, 6.45) is 0. The summed E-state index contributed by atoms with van der Waals surface area (Å²) < 4.78 is 18.3. The topological polar surface area (TPSA) is 84.6 Å². The van der Waals surface area contributed by atoms with Crippen molar-refractivity contribution in [3.05, 3.63) is 58.9 Å². The normalized spacial score (nSPS) is 11.2. The predicted octanol–water partition coefficient (Wildman–Crippen LogP) is 2.57. The van der Waals surface area contributed by atoms with E-state index in [4.69, 9.17) is 10.5 Å². The first-order valence-corrected chi connectivity index (χ1v) is 7.45. The molecular formula is C18H21FN2O3. The van der Waals surface area contributed by atoms with E-state index in [9.17, 15) is 14.3 Å². The van der Waals surface area contributed by atoms with Crippen molar-refractivity contribution in [3.63, 3.8) is 0 Å². The van der Waals surface area contributed by atoms with Crippen LogP contribution in [0.1, 0.15) is 35.3 Å². The molecule has 0 fully saturated rings. The van der Waals surface area contributed by atoms with Gasteiger partial charge in [-0.25, -0.2) is 4.39 Å². The number of ether oxygens (including phenoxy) is 1. The van der Waals surface area contributed by atoms with Gasteiger partial charge in [0.05, 0.1) is 12.7 Å². The number of carbonyl (C=O) groups is 1. The Balaban J connectivity index is 2.09. The highest BCUT2D eigenvalue weighted by molar-refractivity contribution is 5.95. The minimum absolute atomic E-state index is 0.125. The van der Waals surface area contributed by atoms with Gasteiger partial charge in [-0.05, 0) is 43.7 Å². The van der Waals surface area contributed by atoms with E-state index in [1.165, 1.54) is 25.3 Å². The predicted molar refractivity (Wildman–Crippen MR) is 90.2 cm³/mol. The fourth-order valence-corrected chi connectivity index (χ4v) is 2.36. The second-order valence-corrected chi connectivity index (χ2v) is 6.01. The zero-order valence-electron chi connectivity index (χ0n) is 13.9. The Bertz CT molecular complexity index is 754. The van der Waals surface area contributed by atoms with Crippen LogP contribution in [0.4, 0.5) is 10.1 Å². The standard InChI is InChI=1S/C18H21FN2O3/c1-18(2,23)13-6-5-12(9-15(13)20)17(22)21-10-11-4-7-14(19)16(8-11)24-3/h4-9,23H,10,20H2,1-3H3,(H,21,22). The Morgan fingerprint density at radius 1 is 1.29 bits per heavy atom.